The second kappa shape index (κ2) is 7.89. The molecule has 154 valence electrons. The first-order valence-electron chi connectivity index (χ1n) is 9.09. The molecule has 0 spiro atoms. The molecule has 4 rings (SSSR count). The van der Waals surface area contributed by atoms with Crippen LogP contribution in [0.25, 0.3) is 11.2 Å². The van der Waals surface area contributed by atoms with Crippen LogP contribution in [-0.2, 0) is 11.2 Å². The molecule has 11 nitrogen and oxygen atoms in total. The van der Waals surface area contributed by atoms with E-state index in [1.54, 1.807) is 0 Å². The zero-order valence-electron chi connectivity index (χ0n) is 15.3. The van der Waals surface area contributed by atoms with Crippen molar-refractivity contribution in [3.8, 4) is 0 Å². The number of anilines is 2. The molecular formula is C18H22N6O5. The predicted octanol–water partition coefficient (Wildman–Crippen LogP) is -1.01. The summed E-state index contributed by atoms with van der Waals surface area (Å²) in [6, 6.07) is 9.42. The number of fused-ring (bicyclic) bond motifs is 1. The van der Waals surface area contributed by atoms with E-state index < -0.39 is 37.4 Å². The predicted molar refractivity (Wildman–Crippen MR) is 103 cm³/mol. The normalized spacial score (nSPS) is 25.4. The Morgan fingerprint density at radius 3 is 2.62 bits per heavy atom. The van der Waals surface area contributed by atoms with Gasteiger partial charge in [0.1, 0.15) is 30.1 Å². The van der Waals surface area contributed by atoms with Gasteiger partial charge in [-0.3, -0.25) is 4.57 Å². The number of aliphatic hydroxyl groups is 4. The lowest BCUT2D eigenvalue weighted by atomic mass is 10.1. The minimum atomic E-state index is -1.29. The van der Waals surface area contributed by atoms with Crippen LogP contribution >= 0.6 is 0 Å². The van der Waals surface area contributed by atoms with E-state index in [4.69, 9.17) is 10.5 Å². The van der Waals surface area contributed by atoms with Gasteiger partial charge in [0.25, 0.3) is 0 Å². The van der Waals surface area contributed by atoms with Gasteiger partial charge in [0.2, 0.25) is 5.95 Å². The third-order valence-corrected chi connectivity index (χ3v) is 4.81. The van der Waals surface area contributed by atoms with Crippen LogP contribution in [0, 0.1) is 0 Å². The van der Waals surface area contributed by atoms with Crippen LogP contribution in [0.4, 0.5) is 11.8 Å². The summed E-state index contributed by atoms with van der Waals surface area (Å²) in [7, 11) is 0. The average Bonchev–Trinajstić information content (AvgIpc) is 3.24. The first kappa shape index (κ1) is 19.5. The molecular weight excluding hydrogens is 380 g/mol. The van der Waals surface area contributed by atoms with Crippen LogP contribution in [0.1, 0.15) is 11.8 Å². The van der Waals surface area contributed by atoms with Crippen LogP contribution < -0.4 is 11.1 Å². The van der Waals surface area contributed by atoms with Crippen LogP contribution in [0.15, 0.2) is 36.7 Å². The maximum absolute atomic E-state index is 10.3. The van der Waals surface area contributed by atoms with Crippen LogP contribution in [-0.4, -0.2) is 71.1 Å². The molecule has 0 saturated carbocycles. The number of hydrogen-bond acceptors (Lipinski definition) is 10. The fourth-order valence-electron chi connectivity index (χ4n) is 3.34. The minimum Gasteiger partial charge on any atom is -0.394 e. The lowest BCUT2D eigenvalue weighted by molar-refractivity contribution is -0.0511. The quantitative estimate of drug-likeness (QED) is 0.281. The van der Waals surface area contributed by atoms with Crippen molar-refractivity contribution < 1.29 is 25.2 Å². The average molecular weight is 402 g/mol. The molecule has 1 aromatic carbocycles. The van der Waals surface area contributed by atoms with E-state index in [-0.39, 0.29) is 22.9 Å². The maximum atomic E-state index is 10.3. The van der Waals surface area contributed by atoms with E-state index in [2.05, 4.69) is 20.3 Å². The van der Waals surface area contributed by atoms with Crippen molar-refractivity contribution in [2.24, 2.45) is 0 Å². The van der Waals surface area contributed by atoms with Crippen molar-refractivity contribution in [2.75, 3.05) is 17.7 Å². The van der Waals surface area contributed by atoms with Crippen molar-refractivity contribution >= 4 is 22.9 Å². The molecule has 1 aliphatic heterocycles. The van der Waals surface area contributed by atoms with Crippen molar-refractivity contribution in [3.05, 3.63) is 42.2 Å². The first-order valence-corrected chi connectivity index (χ1v) is 9.09. The molecule has 1 fully saturated rings. The Balaban J connectivity index is 1.60. The van der Waals surface area contributed by atoms with Crippen LogP contribution in [0.2, 0.25) is 0 Å². The van der Waals surface area contributed by atoms with E-state index in [1.165, 1.54) is 10.9 Å². The summed E-state index contributed by atoms with van der Waals surface area (Å²) in [6.45, 7) is -0.447. The van der Waals surface area contributed by atoms with Crippen molar-refractivity contribution in [2.45, 2.75) is 37.2 Å². The highest BCUT2D eigenvalue weighted by molar-refractivity contribution is 5.83. The molecule has 3 heterocycles. The summed E-state index contributed by atoms with van der Waals surface area (Å²) in [4.78, 5) is 12.6. The number of ether oxygens (including phenoxy) is 1. The SMILES string of the molecule is Nc1nc(N[C@H](O)Cc2ccccc2)nc2c1ncn2[C@@H]1O[C@H](CO)C(O)C1O. The maximum Gasteiger partial charge on any atom is 0.228 e. The number of aliphatic hydroxyl groups excluding tert-OH is 4. The standard InChI is InChI=1S/C18H22N6O5/c19-15-12-16(24(8-20-12)17-14(28)13(27)10(7-25)29-17)23-18(22-15)21-11(26)6-9-4-2-1-3-5-9/h1-5,8,10-11,13-14,17,25-28H,6-7H2,(H3,19,21,22,23)/t10-,11-,13?,14?,17-/m1/s1. The monoisotopic (exact) mass is 402 g/mol. The molecule has 2 aromatic heterocycles. The summed E-state index contributed by atoms with van der Waals surface area (Å²) in [5.41, 5.74) is 7.44. The molecule has 7 N–H and O–H groups in total. The van der Waals surface area contributed by atoms with Gasteiger partial charge in [-0.15, -0.1) is 0 Å². The summed E-state index contributed by atoms with van der Waals surface area (Å²) >= 11 is 0. The molecule has 0 bridgehead atoms. The van der Waals surface area contributed by atoms with E-state index in [1.807, 2.05) is 30.3 Å². The largest absolute Gasteiger partial charge is 0.394 e. The van der Waals surface area contributed by atoms with E-state index in [9.17, 15) is 20.4 Å². The molecule has 1 saturated heterocycles. The number of benzene rings is 1. The van der Waals surface area contributed by atoms with Gasteiger partial charge in [-0.25, -0.2) is 4.98 Å². The number of hydrogen-bond donors (Lipinski definition) is 6. The Morgan fingerprint density at radius 1 is 1.17 bits per heavy atom. The smallest absolute Gasteiger partial charge is 0.228 e. The molecule has 11 heteroatoms. The zero-order valence-corrected chi connectivity index (χ0v) is 15.3. The number of aromatic nitrogens is 4. The summed E-state index contributed by atoms with van der Waals surface area (Å²) < 4.78 is 6.94. The molecule has 3 aromatic rings. The summed E-state index contributed by atoms with van der Waals surface area (Å²) in [6.07, 6.45) is -3.76. The molecule has 5 atom stereocenters. The number of nitrogen functional groups attached to an aromatic ring is 1. The molecule has 0 amide bonds. The van der Waals surface area contributed by atoms with Gasteiger partial charge in [0.15, 0.2) is 17.7 Å². The Bertz CT molecular complexity index is 984. The van der Waals surface area contributed by atoms with E-state index in [0.717, 1.165) is 5.56 Å². The zero-order chi connectivity index (χ0) is 20.5. The third-order valence-electron chi connectivity index (χ3n) is 4.81. The number of rotatable bonds is 6. The Labute approximate surface area is 165 Å². The number of nitrogens with two attached hydrogens (primary N) is 1. The summed E-state index contributed by atoms with van der Waals surface area (Å²) in [5.74, 6) is 0.154. The Hall–Kier alpha value is -2.83. The number of imidazole rings is 1. The minimum absolute atomic E-state index is 0.0759. The first-order chi connectivity index (χ1) is 14.0. The summed E-state index contributed by atoms with van der Waals surface area (Å²) in [5, 5.41) is 42.7. The van der Waals surface area contributed by atoms with Gasteiger partial charge in [-0.05, 0) is 5.56 Å². The highest BCUT2D eigenvalue weighted by Gasteiger charge is 2.44. The van der Waals surface area contributed by atoms with E-state index in [0.29, 0.717) is 6.42 Å². The second-order valence-electron chi connectivity index (χ2n) is 6.84. The molecule has 0 aliphatic carbocycles. The highest BCUT2D eigenvalue weighted by atomic mass is 16.6. The lowest BCUT2D eigenvalue weighted by Gasteiger charge is -2.17. The molecule has 1 aliphatic rings. The van der Waals surface area contributed by atoms with Gasteiger partial charge in [0.05, 0.1) is 12.9 Å². The molecule has 2 unspecified atom stereocenters. The topological polar surface area (TPSA) is 172 Å². The molecule has 0 radical (unpaired) electrons. The van der Waals surface area contributed by atoms with Crippen molar-refractivity contribution in [1.82, 2.24) is 19.5 Å². The number of nitrogens with one attached hydrogen (secondary N) is 1. The fraction of sp³-hybridized carbons (Fsp3) is 0.389. The lowest BCUT2D eigenvalue weighted by Crippen LogP contribution is -2.33. The van der Waals surface area contributed by atoms with Gasteiger partial charge < -0.3 is 36.2 Å². The highest BCUT2D eigenvalue weighted by Crippen LogP contribution is 2.32. The Kier molecular flexibility index (Phi) is 5.30. The second-order valence-corrected chi connectivity index (χ2v) is 6.84. The Morgan fingerprint density at radius 2 is 1.93 bits per heavy atom. The number of nitrogens with zero attached hydrogens (tertiary/aromatic N) is 4. The van der Waals surface area contributed by atoms with Gasteiger partial charge in [-0.1, -0.05) is 30.3 Å². The van der Waals surface area contributed by atoms with Crippen LogP contribution in [0.3, 0.4) is 0 Å². The fourth-order valence-corrected chi connectivity index (χ4v) is 3.34. The van der Waals surface area contributed by atoms with E-state index >= 15 is 0 Å². The molecule has 29 heavy (non-hydrogen) atoms. The van der Waals surface area contributed by atoms with Gasteiger partial charge >= 0.3 is 0 Å². The van der Waals surface area contributed by atoms with Gasteiger partial charge in [0, 0.05) is 6.42 Å². The van der Waals surface area contributed by atoms with Crippen LogP contribution in [0.5, 0.6) is 0 Å². The third kappa shape index (κ3) is 3.73. The van der Waals surface area contributed by atoms with Gasteiger partial charge in [-0.2, -0.15) is 9.97 Å². The van der Waals surface area contributed by atoms with Crippen molar-refractivity contribution in [3.63, 3.8) is 0 Å². The van der Waals surface area contributed by atoms with Crippen molar-refractivity contribution in [1.29, 1.82) is 0 Å².